The molecule has 1 aromatic rings. The molecule has 0 radical (unpaired) electrons. The van der Waals surface area contributed by atoms with E-state index in [2.05, 4.69) is 12.2 Å². The molecule has 1 atom stereocenters. The summed E-state index contributed by atoms with van der Waals surface area (Å²) in [5.41, 5.74) is 1.33. The van der Waals surface area contributed by atoms with Crippen LogP contribution in [-0.2, 0) is 11.2 Å². The average Bonchev–Trinajstić information content (AvgIpc) is 2.35. The summed E-state index contributed by atoms with van der Waals surface area (Å²) in [6, 6.07) is 7.36. The van der Waals surface area contributed by atoms with E-state index in [0.29, 0.717) is 5.56 Å². The molecule has 1 aromatic carbocycles. The van der Waals surface area contributed by atoms with Gasteiger partial charge >= 0.3 is 6.09 Å². The Labute approximate surface area is 120 Å². The predicted molar refractivity (Wildman–Crippen MR) is 79.0 cm³/mol. The number of aryl methyl sites for hydroxylation is 1. The van der Waals surface area contributed by atoms with Crippen molar-refractivity contribution in [1.29, 1.82) is 0 Å². The van der Waals surface area contributed by atoms with E-state index in [1.807, 2.05) is 32.9 Å². The minimum Gasteiger partial charge on any atom is -0.438 e. The van der Waals surface area contributed by atoms with E-state index in [1.54, 1.807) is 19.1 Å². The maximum absolute atomic E-state index is 12.1. The number of amides is 1. The third-order valence-electron chi connectivity index (χ3n) is 2.78. The number of alkyl carbamates (subject to hydrolysis) is 1. The third-order valence-corrected chi connectivity index (χ3v) is 2.78. The summed E-state index contributed by atoms with van der Waals surface area (Å²) in [7, 11) is 0. The number of ketones is 1. The first-order chi connectivity index (χ1) is 9.23. The van der Waals surface area contributed by atoms with Crippen molar-refractivity contribution in [3.05, 3.63) is 35.4 Å². The Balaban J connectivity index is 2.64. The maximum atomic E-state index is 12.1. The highest BCUT2D eigenvalue weighted by Crippen LogP contribution is 2.10. The SMILES string of the molecule is CCc1ccc(C(=O)[C@H](C)OC(=O)NC(C)(C)C)cc1. The Morgan fingerprint density at radius 1 is 1.20 bits per heavy atom. The van der Waals surface area contributed by atoms with E-state index in [4.69, 9.17) is 4.74 Å². The summed E-state index contributed by atoms with van der Waals surface area (Å²) >= 11 is 0. The molecule has 1 rings (SSSR count). The standard InChI is InChI=1S/C16H23NO3/c1-6-12-7-9-13(10-8-12)14(18)11(2)20-15(19)17-16(3,4)5/h7-11H,6H2,1-5H3,(H,17,19)/t11-/m0/s1. The van der Waals surface area contributed by atoms with Crippen molar-refractivity contribution < 1.29 is 14.3 Å². The molecule has 0 aliphatic carbocycles. The molecule has 1 N–H and O–H groups in total. The Morgan fingerprint density at radius 3 is 2.20 bits per heavy atom. The highest BCUT2D eigenvalue weighted by molar-refractivity contribution is 6.00. The molecular formula is C16H23NO3. The second kappa shape index (κ2) is 6.55. The second-order valence-corrected chi connectivity index (χ2v) is 5.84. The van der Waals surface area contributed by atoms with Crippen LogP contribution < -0.4 is 5.32 Å². The van der Waals surface area contributed by atoms with Crippen LogP contribution >= 0.6 is 0 Å². The van der Waals surface area contributed by atoms with Crippen LogP contribution in [0, 0.1) is 0 Å². The molecule has 4 nitrogen and oxygen atoms in total. The topological polar surface area (TPSA) is 55.4 Å². The number of nitrogens with one attached hydrogen (secondary N) is 1. The largest absolute Gasteiger partial charge is 0.438 e. The molecule has 0 fully saturated rings. The summed E-state index contributed by atoms with van der Waals surface area (Å²) in [5, 5.41) is 2.66. The number of carbonyl (C=O) groups is 2. The van der Waals surface area contributed by atoms with Crippen molar-refractivity contribution in [3.8, 4) is 0 Å². The lowest BCUT2D eigenvalue weighted by Gasteiger charge is -2.21. The number of benzene rings is 1. The average molecular weight is 277 g/mol. The second-order valence-electron chi connectivity index (χ2n) is 5.84. The molecule has 4 heteroatoms. The van der Waals surface area contributed by atoms with Gasteiger partial charge in [0, 0.05) is 11.1 Å². The minimum atomic E-state index is -0.801. The third kappa shape index (κ3) is 5.03. The van der Waals surface area contributed by atoms with Crippen molar-refractivity contribution in [2.24, 2.45) is 0 Å². The van der Waals surface area contributed by atoms with E-state index in [0.717, 1.165) is 6.42 Å². The molecule has 0 saturated carbocycles. The first kappa shape index (κ1) is 16.2. The highest BCUT2D eigenvalue weighted by atomic mass is 16.6. The molecule has 1 amide bonds. The van der Waals surface area contributed by atoms with Crippen molar-refractivity contribution in [2.75, 3.05) is 0 Å². The van der Waals surface area contributed by atoms with Gasteiger partial charge in [-0.3, -0.25) is 4.79 Å². The summed E-state index contributed by atoms with van der Waals surface area (Å²) in [4.78, 5) is 23.8. The van der Waals surface area contributed by atoms with Crippen molar-refractivity contribution in [1.82, 2.24) is 5.32 Å². The molecule has 0 aliphatic rings. The van der Waals surface area contributed by atoms with Crippen LogP contribution in [0.5, 0.6) is 0 Å². The molecule has 0 unspecified atom stereocenters. The summed E-state index contributed by atoms with van der Waals surface area (Å²) in [5.74, 6) is -0.197. The van der Waals surface area contributed by atoms with E-state index in [1.165, 1.54) is 5.56 Å². The Morgan fingerprint density at radius 2 is 1.75 bits per heavy atom. The van der Waals surface area contributed by atoms with Crippen LogP contribution in [0.4, 0.5) is 4.79 Å². The number of hydrogen-bond donors (Lipinski definition) is 1. The molecule has 0 bridgehead atoms. The molecule has 0 spiro atoms. The zero-order valence-corrected chi connectivity index (χ0v) is 12.8. The van der Waals surface area contributed by atoms with Gasteiger partial charge in [-0.25, -0.2) is 4.79 Å². The Bertz CT molecular complexity index is 471. The van der Waals surface area contributed by atoms with Gasteiger partial charge in [-0.1, -0.05) is 31.2 Å². The summed E-state index contributed by atoms with van der Waals surface area (Å²) < 4.78 is 5.10. The fourth-order valence-electron chi connectivity index (χ4n) is 1.69. The van der Waals surface area contributed by atoms with Crippen LogP contribution in [0.3, 0.4) is 0 Å². The van der Waals surface area contributed by atoms with E-state index >= 15 is 0 Å². The Kier molecular flexibility index (Phi) is 5.31. The van der Waals surface area contributed by atoms with Gasteiger partial charge in [0.15, 0.2) is 6.10 Å². The quantitative estimate of drug-likeness (QED) is 0.859. The van der Waals surface area contributed by atoms with Crippen LogP contribution in [0.25, 0.3) is 0 Å². The molecule has 110 valence electrons. The van der Waals surface area contributed by atoms with Crippen LogP contribution in [-0.4, -0.2) is 23.5 Å². The first-order valence-corrected chi connectivity index (χ1v) is 6.85. The number of Topliss-reactive ketones (excluding diaryl/α,β-unsaturated/α-hetero) is 1. The summed E-state index contributed by atoms with van der Waals surface area (Å²) in [6.07, 6.45) is -0.456. The van der Waals surface area contributed by atoms with Gasteiger partial charge in [0.2, 0.25) is 5.78 Å². The summed E-state index contributed by atoms with van der Waals surface area (Å²) in [6.45, 7) is 9.19. The number of hydrogen-bond acceptors (Lipinski definition) is 3. The fraction of sp³-hybridized carbons (Fsp3) is 0.500. The highest BCUT2D eigenvalue weighted by Gasteiger charge is 2.22. The van der Waals surface area contributed by atoms with Gasteiger partial charge in [-0.2, -0.15) is 0 Å². The van der Waals surface area contributed by atoms with Gasteiger partial charge in [-0.15, -0.1) is 0 Å². The molecule has 0 heterocycles. The van der Waals surface area contributed by atoms with Gasteiger partial charge in [0.1, 0.15) is 0 Å². The number of carbonyl (C=O) groups excluding carboxylic acids is 2. The lowest BCUT2D eigenvalue weighted by molar-refractivity contribution is 0.0653. The van der Waals surface area contributed by atoms with Crippen LogP contribution in [0.2, 0.25) is 0 Å². The van der Waals surface area contributed by atoms with Crippen LogP contribution in [0.15, 0.2) is 24.3 Å². The first-order valence-electron chi connectivity index (χ1n) is 6.85. The minimum absolute atomic E-state index is 0.197. The van der Waals surface area contributed by atoms with Gasteiger partial charge in [-0.05, 0) is 39.7 Å². The zero-order valence-electron chi connectivity index (χ0n) is 12.8. The van der Waals surface area contributed by atoms with Gasteiger partial charge in [0.25, 0.3) is 0 Å². The molecular weight excluding hydrogens is 254 g/mol. The maximum Gasteiger partial charge on any atom is 0.408 e. The van der Waals surface area contributed by atoms with E-state index < -0.39 is 12.2 Å². The fourth-order valence-corrected chi connectivity index (χ4v) is 1.69. The lowest BCUT2D eigenvalue weighted by atomic mass is 10.0. The monoisotopic (exact) mass is 277 g/mol. The lowest BCUT2D eigenvalue weighted by Crippen LogP contribution is -2.43. The zero-order chi connectivity index (χ0) is 15.3. The Hall–Kier alpha value is -1.84. The number of rotatable bonds is 4. The van der Waals surface area contributed by atoms with E-state index in [-0.39, 0.29) is 11.3 Å². The molecule has 0 aliphatic heterocycles. The van der Waals surface area contributed by atoms with Gasteiger partial charge in [0.05, 0.1) is 0 Å². The number of ether oxygens (including phenoxy) is 1. The van der Waals surface area contributed by atoms with E-state index in [9.17, 15) is 9.59 Å². The molecule has 20 heavy (non-hydrogen) atoms. The van der Waals surface area contributed by atoms with Gasteiger partial charge < -0.3 is 10.1 Å². The van der Waals surface area contributed by atoms with Crippen molar-refractivity contribution in [2.45, 2.75) is 52.7 Å². The van der Waals surface area contributed by atoms with Crippen molar-refractivity contribution >= 4 is 11.9 Å². The molecule has 0 aromatic heterocycles. The van der Waals surface area contributed by atoms with Crippen LogP contribution in [0.1, 0.15) is 50.5 Å². The molecule has 0 saturated heterocycles. The van der Waals surface area contributed by atoms with Crippen molar-refractivity contribution in [3.63, 3.8) is 0 Å². The smallest absolute Gasteiger partial charge is 0.408 e. The predicted octanol–water partition coefficient (Wildman–Crippen LogP) is 3.34. The normalized spacial score (nSPS) is 12.7.